The highest BCUT2D eigenvalue weighted by atomic mass is 32.2. The summed E-state index contributed by atoms with van der Waals surface area (Å²) in [6.07, 6.45) is 0. The monoisotopic (exact) mass is 392 g/mol. The lowest BCUT2D eigenvalue weighted by atomic mass is 10.2. The van der Waals surface area contributed by atoms with Gasteiger partial charge in [-0.1, -0.05) is 0 Å². The Bertz CT molecular complexity index is 849. The molecular weight excluding hydrogens is 368 g/mol. The van der Waals surface area contributed by atoms with Crippen molar-refractivity contribution in [2.75, 3.05) is 18.5 Å². The molecule has 2 aromatic rings. The molecule has 0 aliphatic carbocycles. The molecule has 0 bridgehead atoms. The second-order valence-electron chi connectivity index (χ2n) is 5.69. The van der Waals surface area contributed by atoms with E-state index in [0.717, 1.165) is 0 Å². The molecule has 0 saturated carbocycles. The molecule has 0 aliphatic heterocycles. The van der Waals surface area contributed by atoms with Crippen LogP contribution in [-0.2, 0) is 14.8 Å². The Labute approximate surface area is 159 Å². The van der Waals surface area contributed by atoms with Gasteiger partial charge < -0.3 is 14.8 Å². The van der Waals surface area contributed by atoms with Gasteiger partial charge in [-0.15, -0.1) is 0 Å². The van der Waals surface area contributed by atoms with Gasteiger partial charge in [0.15, 0.2) is 0 Å². The Balaban J connectivity index is 1.99. The zero-order valence-corrected chi connectivity index (χ0v) is 16.4. The highest BCUT2D eigenvalue weighted by Crippen LogP contribution is 2.17. The number of benzene rings is 2. The molecule has 1 atom stereocenters. The molecule has 146 valence electrons. The van der Waals surface area contributed by atoms with E-state index in [1.165, 1.54) is 19.1 Å². The molecule has 2 N–H and O–H groups in total. The standard InChI is InChI=1S/C19H24N2O5S/c1-4-25-16-8-6-15(7-9-16)20-19(22)14(3)21-27(23,24)18-12-10-17(11-13-18)26-5-2/h6-14,21H,4-5H2,1-3H3,(H,20,22)/t14-/m1/s1. The van der Waals surface area contributed by atoms with Gasteiger partial charge in [0, 0.05) is 5.69 Å². The van der Waals surface area contributed by atoms with Crippen LogP contribution in [0.15, 0.2) is 53.4 Å². The first-order chi connectivity index (χ1) is 12.9. The fourth-order valence-corrected chi connectivity index (χ4v) is 3.49. The summed E-state index contributed by atoms with van der Waals surface area (Å²) in [4.78, 5) is 12.3. The zero-order chi connectivity index (χ0) is 19.9. The Hall–Kier alpha value is -2.58. The summed E-state index contributed by atoms with van der Waals surface area (Å²) in [5, 5.41) is 2.67. The van der Waals surface area contributed by atoms with Crippen LogP contribution in [-0.4, -0.2) is 33.6 Å². The van der Waals surface area contributed by atoms with Crippen molar-refractivity contribution >= 4 is 21.6 Å². The molecule has 1 amide bonds. The molecule has 2 aromatic carbocycles. The van der Waals surface area contributed by atoms with Crippen molar-refractivity contribution in [2.24, 2.45) is 0 Å². The van der Waals surface area contributed by atoms with Gasteiger partial charge in [-0.25, -0.2) is 8.42 Å². The lowest BCUT2D eigenvalue weighted by molar-refractivity contribution is -0.117. The van der Waals surface area contributed by atoms with Crippen molar-refractivity contribution in [3.63, 3.8) is 0 Å². The second kappa shape index (κ2) is 9.38. The Morgan fingerprint density at radius 1 is 0.926 bits per heavy atom. The van der Waals surface area contributed by atoms with Crippen LogP contribution in [0.5, 0.6) is 11.5 Å². The number of carbonyl (C=O) groups excluding carboxylic acids is 1. The van der Waals surface area contributed by atoms with Gasteiger partial charge in [-0.05, 0) is 69.3 Å². The van der Waals surface area contributed by atoms with E-state index in [4.69, 9.17) is 9.47 Å². The fraction of sp³-hybridized carbons (Fsp3) is 0.316. The predicted molar refractivity (Wildman–Crippen MR) is 104 cm³/mol. The predicted octanol–water partition coefficient (Wildman–Crippen LogP) is 2.79. The smallest absolute Gasteiger partial charge is 0.242 e. The summed E-state index contributed by atoms with van der Waals surface area (Å²) < 4.78 is 37.9. The number of amides is 1. The van der Waals surface area contributed by atoms with Gasteiger partial charge in [0.1, 0.15) is 11.5 Å². The SMILES string of the molecule is CCOc1ccc(NC(=O)[C@@H](C)NS(=O)(=O)c2ccc(OCC)cc2)cc1. The first kappa shape index (κ1) is 20.7. The van der Waals surface area contributed by atoms with E-state index in [0.29, 0.717) is 30.4 Å². The molecule has 0 saturated heterocycles. The minimum atomic E-state index is -3.83. The van der Waals surface area contributed by atoms with Gasteiger partial charge >= 0.3 is 0 Å². The number of carbonyl (C=O) groups is 1. The molecular formula is C19H24N2O5S. The van der Waals surface area contributed by atoms with Crippen molar-refractivity contribution in [1.29, 1.82) is 0 Å². The maximum Gasteiger partial charge on any atom is 0.242 e. The number of hydrogen-bond donors (Lipinski definition) is 2. The third-order valence-corrected chi connectivity index (χ3v) is 5.16. The first-order valence-electron chi connectivity index (χ1n) is 8.64. The molecule has 0 unspecified atom stereocenters. The zero-order valence-electron chi connectivity index (χ0n) is 15.6. The summed E-state index contributed by atoms with van der Waals surface area (Å²) in [7, 11) is -3.83. The summed E-state index contributed by atoms with van der Waals surface area (Å²) in [5.41, 5.74) is 0.551. The molecule has 0 aliphatic rings. The largest absolute Gasteiger partial charge is 0.494 e. The van der Waals surface area contributed by atoms with Gasteiger partial charge in [0.05, 0.1) is 24.2 Å². The second-order valence-corrected chi connectivity index (χ2v) is 7.41. The summed E-state index contributed by atoms with van der Waals surface area (Å²) >= 11 is 0. The first-order valence-corrected chi connectivity index (χ1v) is 10.1. The van der Waals surface area contributed by atoms with Crippen LogP contribution < -0.4 is 19.5 Å². The van der Waals surface area contributed by atoms with Crippen molar-refractivity contribution in [1.82, 2.24) is 4.72 Å². The van der Waals surface area contributed by atoms with Crippen molar-refractivity contribution in [2.45, 2.75) is 31.7 Å². The third kappa shape index (κ3) is 5.97. The number of sulfonamides is 1. The molecule has 0 radical (unpaired) electrons. The van der Waals surface area contributed by atoms with Crippen LogP contribution in [0.4, 0.5) is 5.69 Å². The van der Waals surface area contributed by atoms with Gasteiger partial charge in [0.2, 0.25) is 15.9 Å². The number of hydrogen-bond acceptors (Lipinski definition) is 5. The van der Waals surface area contributed by atoms with Crippen LogP contribution in [0.1, 0.15) is 20.8 Å². The Morgan fingerprint density at radius 2 is 1.41 bits per heavy atom. The van der Waals surface area contributed by atoms with Crippen LogP contribution in [0.2, 0.25) is 0 Å². The van der Waals surface area contributed by atoms with E-state index in [2.05, 4.69) is 10.0 Å². The molecule has 0 aromatic heterocycles. The Morgan fingerprint density at radius 3 is 1.89 bits per heavy atom. The molecule has 27 heavy (non-hydrogen) atoms. The number of nitrogens with one attached hydrogen (secondary N) is 2. The molecule has 8 heteroatoms. The van der Waals surface area contributed by atoms with Crippen LogP contribution in [0.3, 0.4) is 0 Å². The normalized spacial score (nSPS) is 12.3. The third-order valence-electron chi connectivity index (χ3n) is 3.60. The van der Waals surface area contributed by atoms with Crippen LogP contribution in [0.25, 0.3) is 0 Å². The number of rotatable bonds is 9. The van der Waals surface area contributed by atoms with Gasteiger partial charge in [-0.2, -0.15) is 4.72 Å². The molecule has 2 rings (SSSR count). The molecule has 7 nitrogen and oxygen atoms in total. The van der Waals surface area contributed by atoms with E-state index in [9.17, 15) is 13.2 Å². The molecule has 0 fully saturated rings. The van der Waals surface area contributed by atoms with Crippen molar-refractivity contribution in [3.8, 4) is 11.5 Å². The lowest BCUT2D eigenvalue weighted by Crippen LogP contribution is -2.41. The van der Waals surface area contributed by atoms with Crippen molar-refractivity contribution in [3.05, 3.63) is 48.5 Å². The highest BCUT2D eigenvalue weighted by Gasteiger charge is 2.22. The Kier molecular flexibility index (Phi) is 7.20. The summed E-state index contributed by atoms with van der Waals surface area (Å²) in [6, 6.07) is 11.9. The van der Waals surface area contributed by atoms with Crippen LogP contribution >= 0.6 is 0 Å². The maximum atomic E-state index is 12.4. The quantitative estimate of drug-likeness (QED) is 0.684. The molecule has 0 heterocycles. The fourth-order valence-electron chi connectivity index (χ4n) is 2.29. The van der Waals surface area contributed by atoms with E-state index in [1.807, 2.05) is 13.8 Å². The summed E-state index contributed by atoms with van der Waals surface area (Å²) in [5.74, 6) is 0.811. The van der Waals surface area contributed by atoms with Gasteiger partial charge in [0.25, 0.3) is 0 Å². The highest BCUT2D eigenvalue weighted by molar-refractivity contribution is 7.89. The molecule has 0 spiro atoms. The average molecular weight is 392 g/mol. The lowest BCUT2D eigenvalue weighted by Gasteiger charge is -2.15. The van der Waals surface area contributed by atoms with E-state index >= 15 is 0 Å². The summed E-state index contributed by atoms with van der Waals surface area (Å²) in [6.45, 7) is 6.25. The van der Waals surface area contributed by atoms with E-state index in [1.54, 1.807) is 36.4 Å². The van der Waals surface area contributed by atoms with Gasteiger partial charge in [-0.3, -0.25) is 4.79 Å². The minimum Gasteiger partial charge on any atom is -0.494 e. The van der Waals surface area contributed by atoms with E-state index < -0.39 is 22.0 Å². The average Bonchev–Trinajstić information content (AvgIpc) is 2.64. The number of ether oxygens (including phenoxy) is 2. The maximum absolute atomic E-state index is 12.4. The van der Waals surface area contributed by atoms with Crippen LogP contribution in [0, 0.1) is 0 Å². The number of anilines is 1. The topological polar surface area (TPSA) is 93.7 Å². The van der Waals surface area contributed by atoms with E-state index in [-0.39, 0.29) is 4.90 Å². The minimum absolute atomic E-state index is 0.0617. The van der Waals surface area contributed by atoms with Crippen molar-refractivity contribution < 1.29 is 22.7 Å².